The summed E-state index contributed by atoms with van der Waals surface area (Å²) < 4.78 is 14.2. The molecule has 1 aliphatic rings. The van der Waals surface area contributed by atoms with Gasteiger partial charge in [0, 0.05) is 45.4 Å². The maximum Gasteiger partial charge on any atom is 0.344 e. The van der Waals surface area contributed by atoms with Crippen LogP contribution in [0.2, 0.25) is 0 Å². The Hall–Kier alpha value is -5.65. The average Bonchev–Trinajstić information content (AvgIpc) is 3.34. The van der Waals surface area contributed by atoms with E-state index in [2.05, 4.69) is 73.1 Å². The number of hydrogen-bond acceptors (Lipinski definition) is 4. The van der Waals surface area contributed by atoms with Crippen molar-refractivity contribution in [3.8, 4) is 16.9 Å². The van der Waals surface area contributed by atoms with E-state index < -0.39 is 6.29 Å². The minimum atomic E-state index is -1.10. The van der Waals surface area contributed by atoms with Gasteiger partial charge in [-0.2, -0.15) is 0 Å². The molecule has 0 saturated heterocycles. The smallest absolute Gasteiger partial charge is 0.344 e. The van der Waals surface area contributed by atoms with Crippen molar-refractivity contribution in [1.29, 1.82) is 0 Å². The maximum atomic E-state index is 13.5. The molecule has 2 aromatic heterocycles. The molecule has 46 heavy (non-hydrogen) atoms. The summed E-state index contributed by atoms with van der Waals surface area (Å²) in [4.78, 5) is 13.5. The van der Waals surface area contributed by atoms with Crippen LogP contribution >= 0.6 is 0 Å². The van der Waals surface area contributed by atoms with Crippen LogP contribution in [0, 0.1) is 6.92 Å². The molecule has 5 heteroatoms. The van der Waals surface area contributed by atoms with Gasteiger partial charge in [-0.15, -0.1) is 0 Å². The summed E-state index contributed by atoms with van der Waals surface area (Å²) in [6.45, 7) is 4.07. The van der Waals surface area contributed by atoms with E-state index in [1.54, 1.807) is 0 Å². The van der Waals surface area contributed by atoms with E-state index in [1.807, 2.05) is 61.5 Å². The molecule has 0 spiro atoms. The predicted octanol–water partition coefficient (Wildman–Crippen LogP) is 9.36. The molecule has 6 aromatic carbocycles. The lowest BCUT2D eigenvalue weighted by Gasteiger charge is -2.28. The van der Waals surface area contributed by atoms with Gasteiger partial charge in [0.2, 0.25) is 6.29 Å². The Morgan fingerprint density at radius 1 is 0.674 bits per heavy atom. The zero-order chi connectivity index (χ0) is 31.3. The molecule has 0 saturated carbocycles. The normalized spacial score (nSPS) is 14.9. The molecule has 1 N–H and O–H groups in total. The first-order valence-electron chi connectivity index (χ1n) is 15.4. The maximum absolute atomic E-state index is 13.5. The number of ether oxygens (including phenoxy) is 1. The monoisotopic (exact) mass is 599 g/mol. The van der Waals surface area contributed by atoms with Crippen LogP contribution in [0.4, 0.5) is 0 Å². The van der Waals surface area contributed by atoms with Gasteiger partial charge in [-0.25, -0.2) is 4.79 Å². The molecular formula is C41H29NO4. The summed E-state index contributed by atoms with van der Waals surface area (Å²) in [7, 11) is 2.05. The van der Waals surface area contributed by atoms with Crippen molar-refractivity contribution in [1.82, 2.24) is 4.57 Å². The van der Waals surface area contributed by atoms with Crippen LogP contribution in [0.25, 0.3) is 76.6 Å². The number of nitrogens with zero attached hydrogens (tertiary/aromatic N) is 1. The van der Waals surface area contributed by atoms with Gasteiger partial charge >= 0.3 is 5.63 Å². The summed E-state index contributed by atoms with van der Waals surface area (Å²) in [5, 5.41) is 18.7. The summed E-state index contributed by atoms with van der Waals surface area (Å²) in [5.41, 5.74) is 8.25. The first-order valence-corrected chi connectivity index (χ1v) is 15.4. The lowest BCUT2D eigenvalue weighted by Crippen LogP contribution is -2.23. The van der Waals surface area contributed by atoms with Crippen LogP contribution in [0.3, 0.4) is 0 Å². The van der Waals surface area contributed by atoms with Gasteiger partial charge in [0.05, 0.1) is 5.56 Å². The molecule has 8 aromatic rings. The second-order valence-electron chi connectivity index (χ2n) is 12.2. The fourth-order valence-corrected chi connectivity index (χ4v) is 7.62. The number of rotatable bonds is 2. The van der Waals surface area contributed by atoms with Gasteiger partial charge in [-0.05, 0) is 94.1 Å². The molecule has 0 amide bonds. The molecule has 5 nitrogen and oxygen atoms in total. The molecule has 1 aliphatic heterocycles. The summed E-state index contributed by atoms with van der Waals surface area (Å²) >= 11 is 0. The van der Waals surface area contributed by atoms with Gasteiger partial charge in [0.15, 0.2) is 0 Å². The van der Waals surface area contributed by atoms with Gasteiger partial charge in [0.1, 0.15) is 11.3 Å². The Kier molecular flexibility index (Phi) is 5.62. The summed E-state index contributed by atoms with van der Waals surface area (Å²) in [6.07, 6.45) is -1.10. The average molecular weight is 600 g/mol. The van der Waals surface area contributed by atoms with Crippen molar-refractivity contribution in [2.45, 2.75) is 20.1 Å². The van der Waals surface area contributed by atoms with Crippen LogP contribution in [0.15, 0.2) is 118 Å². The SMILES string of the molecule is CC1=C(c2ccc3c(c2)c2cc(-c4c(C)c5c(ccc6ccccc65)oc4=O)ccc2n3C)C(O)Oc2ccc3ccccc3c21. The van der Waals surface area contributed by atoms with Gasteiger partial charge in [-0.1, -0.05) is 72.8 Å². The molecule has 0 aliphatic carbocycles. The molecule has 0 bridgehead atoms. The summed E-state index contributed by atoms with van der Waals surface area (Å²) in [6, 6.07) is 36.7. The topological polar surface area (TPSA) is 64.6 Å². The highest BCUT2D eigenvalue weighted by Crippen LogP contribution is 2.44. The number of aryl methyl sites for hydroxylation is 2. The lowest BCUT2D eigenvalue weighted by molar-refractivity contribution is 0.0316. The Morgan fingerprint density at radius 2 is 1.30 bits per heavy atom. The van der Waals surface area contributed by atoms with Crippen molar-refractivity contribution < 1.29 is 14.3 Å². The van der Waals surface area contributed by atoms with E-state index in [0.717, 1.165) is 82.1 Å². The standard InChI is InChI=1S/C41H29NO4/c1-22-36(40(43)45-34-18-14-24-8-4-6-10-28(24)38(22)34)26-12-16-32-30(20-26)31-21-27(13-17-33(31)42(32)3)37-23(2)39-29-11-7-5-9-25(29)15-19-35(39)46-41(37)44/h4-21,40,43H,1-3H3. The van der Waals surface area contributed by atoms with Crippen molar-refractivity contribution >= 4 is 65.5 Å². The first kappa shape index (κ1) is 26.7. The molecule has 0 radical (unpaired) electrons. The first-order chi connectivity index (χ1) is 22.4. The largest absolute Gasteiger partial charge is 0.460 e. The third kappa shape index (κ3) is 3.69. The minimum absolute atomic E-state index is 0.352. The fraction of sp³-hybridized carbons (Fsp3) is 0.0976. The van der Waals surface area contributed by atoms with Crippen LogP contribution < -0.4 is 10.4 Å². The molecular weight excluding hydrogens is 570 g/mol. The fourth-order valence-electron chi connectivity index (χ4n) is 7.62. The minimum Gasteiger partial charge on any atom is -0.460 e. The number of fused-ring (bicyclic) bond motifs is 9. The number of hydrogen-bond donors (Lipinski definition) is 1. The van der Waals surface area contributed by atoms with E-state index >= 15 is 0 Å². The van der Waals surface area contributed by atoms with Crippen molar-refractivity contribution in [2.24, 2.45) is 7.05 Å². The van der Waals surface area contributed by atoms with E-state index in [0.29, 0.717) is 16.9 Å². The predicted molar refractivity (Wildman–Crippen MR) is 187 cm³/mol. The van der Waals surface area contributed by atoms with Gasteiger partial charge in [-0.3, -0.25) is 0 Å². The van der Waals surface area contributed by atoms with Crippen molar-refractivity contribution in [3.05, 3.63) is 136 Å². The molecule has 0 fully saturated rings. The molecule has 3 heterocycles. The van der Waals surface area contributed by atoms with Crippen LogP contribution in [-0.2, 0) is 7.05 Å². The lowest BCUT2D eigenvalue weighted by atomic mass is 9.89. The number of aromatic nitrogens is 1. The zero-order valence-electron chi connectivity index (χ0n) is 25.6. The molecule has 222 valence electrons. The van der Waals surface area contributed by atoms with E-state index in [1.165, 1.54) is 0 Å². The molecule has 1 unspecified atom stereocenters. The highest BCUT2D eigenvalue weighted by molar-refractivity contribution is 6.13. The van der Waals surface area contributed by atoms with Crippen molar-refractivity contribution in [2.75, 3.05) is 0 Å². The highest BCUT2D eigenvalue weighted by atomic mass is 16.6. The van der Waals surface area contributed by atoms with E-state index in [9.17, 15) is 9.90 Å². The number of aliphatic hydroxyl groups excluding tert-OH is 1. The van der Waals surface area contributed by atoms with E-state index in [4.69, 9.17) is 9.15 Å². The van der Waals surface area contributed by atoms with Gasteiger partial charge in [0.25, 0.3) is 0 Å². The second-order valence-corrected chi connectivity index (χ2v) is 12.2. The Bertz CT molecular complexity index is 2690. The molecule has 9 rings (SSSR count). The van der Waals surface area contributed by atoms with Crippen LogP contribution in [-0.4, -0.2) is 16.0 Å². The Morgan fingerprint density at radius 3 is 2.07 bits per heavy atom. The van der Waals surface area contributed by atoms with Gasteiger partial charge < -0.3 is 18.8 Å². The zero-order valence-corrected chi connectivity index (χ0v) is 25.6. The van der Waals surface area contributed by atoms with E-state index in [-0.39, 0.29) is 5.63 Å². The van der Waals surface area contributed by atoms with Crippen LogP contribution in [0.1, 0.15) is 23.6 Å². The summed E-state index contributed by atoms with van der Waals surface area (Å²) in [5.74, 6) is 0.681. The quantitative estimate of drug-likeness (QED) is 0.159. The Labute approximate surface area is 264 Å². The number of allylic oxidation sites excluding steroid dienone is 1. The highest BCUT2D eigenvalue weighted by Gasteiger charge is 2.28. The number of benzene rings is 6. The molecule has 1 atom stereocenters. The second kappa shape index (κ2) is 9.67. The van der Waals surface area contributed by atoms with Crippen molar-refractivity contribution in [3.63, 3.8) is 0 Å². The number of aliphatic hydroxyl groups is 1. The van der Waals surface area contributed by atoms with Crippen LogP contribution in [0.5, 0.6) is 5.75 Å². The third-order valence-electron chi connectivity index (χ3n) is 9.81. The third-order valence-corrected chi connectivity index (χ3v) is 9.81. The Balaban J connectivity index is 1.27.